The van der Waals surface area contributed by atoms with Gasteiger partial charge in [0.2, 0.25) is 0 Å². The van der Waals surface area contributed by atoms with Gasteiger partial charge in [-0.25, -0.2) is 9.48 Å². The number of carboxylic acids is 1. The number of aromatic nitrogens is 2. The number of aliphatic carboxylic acids is 1. The number of carbonyl (C=O) groups is 1. The molecule has 0 saturated heterocycles. The van der Waals surface area contributed by atoms with Crippen molar-refractivity contribution in [3.8, 4) is 11.8 Å². The molecule has 25 heavy (non-hydrogen) atoms. The van der Waals surface area contributed by atoms with Crippen LogP contribution in [0.5, 0.6) is 0 Å². The van der Waals surface area contributed by atoms with Gasteiger partial charge in [0.15, 0.2) is 0 Å². The molecule has 2 rings (SSSR count). The second kappa shape index (κ2) is 7.78. The van der Waals surface area contributed by atoms with Gasteiger partial charge in [0.05, 0.1) is 33.1 Å². The molecule has 1 N–H and O–H groups in total. The number of hydrogen-bond acceptors (Lipinski definition) is 3. The zero-order chi connectivity index (χ0) is 18.1. The topological polar surface area (TPSA) is 78.9 Å². The minimum atomic E-state index is -4.64. The number of nitrogens with zero attached hydrogens (tertiary/aromatic N) is 3. The lowest BCUT2D eigenvalue weighted by molar-refractivity contribution is -0.137. The summed E-state index contributed by atoms with van der Waals surface area (Å²) in [5.74, 6) is -1.28. The first-order valence-electron chi connectivity index (χ1n) is 6.11. The quantitative estimate of drug-likeness (QED) is 0.748. The predicted molar refractivity (Wildman–Crippen MR) is 87.2 cm³/mol. The van der Waals surface area contributed by atoms with Crippen molar-refractivity contribution in [2.75, 3.05) is 0 Å². The Morgan fingerprint density at radius 2 is 1.88 bits per heavy atom. The number of alkyl halides is 3. The summed E-state index contributed by atoms with van der Waals surface area (Å²) < 4.78 is 39.3. The lowest BCUT2D eigenvalue weighted by atomic mass is 10.2. The second-order valence-corrected chi connectivity index (χ2v) is 5.24. The van der Waals surface area contributed by atoms with Gasteiger partial charge in [-0.2, -0.15) is 23.5 Å². The van der Waals surface area contributed by atoms with Crippen LogP contribution in [-0.4, -0.2) is 20.9 Å². The summed E-state index contributed by atoms with van der Waals surface area (Å²) in [5, 5.41) is 20.9. The largest absolute Gasteiger partial charge is 0.478 e. The Morgan fingerprint density at radius 1 is 1.32 bits per heavy atom. The van der Waals surface area contributed by atoms with Gasteiger partial charge in [0.1, 0.15) is 11.8 Å². The van der Waals surface area contributed by atoms with Crippen LogP contribution in [0.4, 0.5) is 13.2 Å². The average Bonchev–Trinajstić information content (AvgIpc) is 2.86. The molecule has 5 nitrogen and oxygen atoms in total. The average molecular weight is 413 g/mol. The maximum Gasteiger partial charge on any atom is 0.416 e. The maximum atomic E-state index is 12.8. The number of benzene rings is 1. The summed E-state index contributed by atoms with van der Waals surface area (Å²) in [5.41, 5.74) is -1.13. The monoisotopic (exact) mass is 411 g/mol. The first-order chi connectivity index (χ1) is 11.1. The Labute approximate surface area is 155 Å². The Kier molecular flexibility index (Phi) is 6.48. The van der Waals surface area contributed by atoms with Gasteiger partial charge in [0.25, 0.3) is 0 Å². The van der Waals surface area contributed by atoms with Gasteiger partial charge in [-0.15, -0.1) is 12.4 Å². The van der Waals surface area contributed by atoms with E-state index in [9.17, 15) is 18.0 Å². The van der Waals surface area contributed by atoms with Gasteiger partial charge in [-0.3, -0.25) is 0 Å². The van der Waals surface area contributed by atoms with Crippen molar-refractivity contribution >= 4 is 47.7 Å². The van der Waals surface area contributed by atoms with Crippen LogP contribution in [-0.2, 0) is 11.0 Å². The lowest BCUT2D eigenvalue weighted by Gasteiger charge is -2.13. The van der Waals surface area contributed by atoms with Crippen LogP contribution >= 0.6 is 35.6 Å². The summed E-state index contributed by atoms with van der Waals surface area (Å²) in [4.78, 5) is 10.7. The molecule has 0 saturated carbocycles. The van der Waals surface area contributed by atoms with E-state index in [0.29, 0.717) is 12.1 Å². The molecule has 0 bridgehead atoms. The third kappa shape index (κ3) is 4.45. The van der Waals surface area contributed by atoms with Crippen LogP contribution in [0.3, 0.4) is 0 Å². The fraction of sp³-hybridized carbons (Fsp3) is 0.0714. The van der Waals surface area contributed by atoms with Crippen molar-refractivity contribution in [3.05, 3.63) is 51.3 Å². The van der Waals surface area contributed by atoms with E-state index in [1.807, 2.05) is 0 Å². The minimum Gasteiger partial charge on any atom is -0.478 e. The van der Waals surface area contributed by atoms with E-state index in [2.05, 4.69) is 5.10 Å². The summed E-state index contributed by atoms with van der Waals surface area (Å²) >= 11 is 11.8. The number of carboxylic acid groups (broad SMARTS) is 1. The maximum absolute atomic E-state index is 12.8. The first-order valence-corrected chi connectivity index (χ1v) is 6.86. The number of hydrogen-bond donors (Lipinski definition) is 1. The van der Waals surface area contributed by atoms with Crippen LogP contribution in [0, 0.1) is 11.3 Å². The highest BCUT2D eigenvalue weighted by Gasteiger charge is 2.32. The molecule has 1 aromatic carbocycles. The number of halogens is 6. The third-order valence-corrected chi connectivity index (χ3v) is 3.44. The molecule has 0 aliphatic carbocycles. The van der Waals surface area contributed by atoms with Crippen molar-refractivity contribution < 1.29 is 23.1 Å². The zero-order valence-electron chi connectivity index (χ0n) is 11.9. The van der Waals surface area contributed by atoms with Crippen molar-refractivity contribution in [1.82, 2.24) is 9.78 Å². The van der Waals surface area contributed by atoms with Crippen LogP contribution in [0.25, 0.3) is 11.8 Å². The highest BCUT2D eigenvalue weighted by molar-refractivity contribution is 6.37. The van der Waals surface area contributed by atoms with E-state index < -0.39 is 17.7 Å². The van der Waals surface area contributed by atoms with Crippen LogP contribution < -0.4 is 0 Å². The van der Waals surface area contributed by atoms with Crippen molar-refractivity contribution in [2.45, 2.75) is 6.18 Å². The molecule has 1 heterocycles. The zero-order valence-corrected chi connectivity index (χ0v) is 14.2. The SMILES string of the molecule is Cl.N#Cc1cnn(-c2c(Cl)cc(C(F)(F)F)cc2Cl)c1C=CC(=O)O. The Balaban J connectivity index is 0.00000312. The predicted octanol–water partition coefficient (Wildman–Crippen LogP) is 4.59. The van der Waals surface area contributed by atoms with Crippen LogP contribution in [0.15, 0.2) is 24.4 Å². The Hall–Kier alpha value is -2.21. The fourth-order valence-electron chi connectivity index (χ4n) is 1.86. The van der Waals surface area contributed by atoms with Crippen molar-refractivity contribution in [2.24, 2.45) is 0 Å². The van der Waals surface area contributed by atoms with E-state index in [1.165, 1.54) is 0 Å². The molecule has 0 unspecified atom stereocenters. The van der Waals surface area contributed by atoms with Gasteiger partial charge in [-0.05, 0) is 18.2 Å². The van der Waals surface area contributed by atoms with E-state index in [4.69, 9.17) is 33.6 Å². The van der Waals surface area contributed by atoms with Crippen LogP contribution in [0.1, 0.15) is 16.8 Å². The summed E-state index contributed by atoms with van der Waals surface area (Å²) in [7, 11) is 0. The van der Waals surface area contributed by atoms with E-state index in [1.54, 1.807) is 6.07 Å². The van der Waals surface area contributed by atoms with Gasteiger partial charge in [-0.1, -0.05) is 23.2 Å². The normalized spacial score (nSPS) is 11.2. The lowest BCUT2D eigenvalue weighted by Crippen LogP contribution is -2.08. The third-order valence-electron chi connectivity index (χ3n) is 2.87. The Morgan fingerprint density at radius 3 is 2.32 bits per heavy atom. The summed E-state index contributed by atoms with van der Waals surface area (Å²) in [6, 6.07) is 3.13. The second-order valence-electron chi connectivity index (χ2n) is 4.42. The molecule has 1 aromatic heterocycles. The van der Waals surface area contributed by atoms with Gasteiger partial charge >= 0.3 is 12.1 Å². The molecule has 0 fully saturated rings. The molecule has 0 aliphatic rings. The molecule has 0 amide bonds. The fourth-order valence-corrected chi connectivity index (χ4v) is 2.51. The van der Waals surface area contributed by atoms with Gasteiger partial charge in [0, 0.05) is 6.08 Å². The first kappa shape index (κ1) is 20.8. The molecule has 0 spiro atoms. The number of nitriles is 1. The summed E-state index contributed by atoms with van der Waals surface area (Å²) in [6.07, 6.45) is -1.70. The highest BCUT2D eigenvalue weighted by atomic mass is 35.5. The standard InChI is InChI=1S/C14H6Cl2F3N3O2.ClH/c15-9-3-8(14(17,18)19)4-10(16)13(9)22-11(1-2-12(23)24)7(5-20)6-21-22;/h1-4,6H,(H,23,24);1H. The molecule has 2 aromatic rings. The molecule has 11 heteroatoms. The van der Waals surface area contributed by atoms with Crippen molar-refractivity contribution in [1.29, 1.82) is 5.26 Å². The van der Waals surface area contributed by atoms with E-state index in [-0.39, 0.29) is 39.4 Å². The van der Waals surface area contributed by atoms with Crippen molar-refractivity contribution in [3.63, 3.8) is 0 Å². The highest BCUT2D eigenvalue weighted by Crippen LogP contribution is 2.38. The molecule has 0 radical (unpaired) electrons. The molecule has 132 valence electrons. The van der Waals surface area contributed by atoms with Crippen LogP contribution in [0.2, 0.25) is 10.0 Å². The van der Waals surface area contributed by atoms with E-state index in [0.717, 1.165) is 23.0 Å². The Bertz CT molecular complexity index is 863. The minimum absolute atomic E-state index is 0. The molecule has 0 atom stereocenters. The number of rotatable bonds is 3. The molecule has 0 aliphatic heterocycles. The smallest absolute Gasteiger partial charge is 0.416 e. The summed E-state index contributed by atoms with van der Waals surface area (Å²) in [6.45, 7) is 0. The molecular weight excluding hydrogens is 406 g/mol. The molecular formula is C14H7Cl3F3N3O2. The van der Waals surface area contributed by atoms with E-state index >= 15 is 0 Å². The van der Waals surface area contributed by atoms with Gasteiger partial charge < -0.3 is 5.11 Å².